The normalized spacial score (nSPS) is 14.9. The zero-order valence-electron chi connectivity index (χ0n) is 18.3. The van der Waals surface area contributed by atoms with Crippen molar-refractivity contribution in [2.45, 2.75) is 47.5 Å². The molecule has 0 amide bonds. The summed E-state index contributed by atoms with van der Waals surface area (Å²) in [7, 11) is 0. The van der Waals surface area contributed by atoms with Crippen molar-refractivity contribution in [1.29, 1.82) is 0 Å². The largest absolute Gasteiger partial charge is 0.339 e. The van der Waals surface area contributed by atoms with E-state index in [4.69, 9.17) is 9.97 Å². The van der Waals surface area contributed by atoms with Crippen LogP contribution in [0.5, 0.6) is 0 Å². The molecule has 154 valence electrons. The van der Waals surface area contributed by atoms with Crippen molar-refractivity contribution < 1.29 is 4.79 Å². The third kappa shape index (κ3) is 4.06. The molecule has 1 aromatic heterocycles. The number of nitrogens with one attached hydrogen (secondary N) is 2. The van der Waals surface area contributed by atoms with Gasteiger partial charge in [0.25, 0.3) is 0 Å². The van der Waals surface area contributed by atoms with Crippen LogP contribution >= 0.6 is 0 Å². The Hall–Kier alpha value is -3.21. The molecule has 0 aliphatic heterocycles. The molecule has 0 saturated carbocycles. The van der Waals surface area contributed by atoms with Crippen LogP contribution in [0, 0.1) is 26.2 Å². The first-order valence-electron chi connectivity index (χ1n) is 10.3. The first-order valence-corrected chi connectivity index (χ1v) is 10.3. The third-order valence-electron chi connectivity index (χ3n) is 5.55. The van der Waals surface area contributed by atoms with Crippen LogP contribution < -0.4 is 10.6 Å². The van der Waals surface area contributed by atoms with Crippen molar-refractivity contribution in [2.75, 3.05) is 10.6 Å². The van der Waals surface area contributed by atoms with Gasteiger partial charge < -0.3 is 10.6 Å². The number of benzene rings is 2. The van der Waals surface area contributed by atoms with Crippen LogP contribution in [-0.2, 0) is 6.42 Å². The Bertz CT molecular complexity index is 1110. The van der Waals surface area contributed by atoms with Crippen LogP contribution in [0.15, 0.2) is 42.5 Å². The van der Waals surface area contributed by atoms with Gasteiger partial charge in [-0.25, -0.2) is 4.98 Å². The van der Waals surface area contributed by atoms with E-state index in [2.05, 4.69) is 56.5 Å². The Kier molecular flexibility index (Phi) is 5.06. The highest BCUT2D eigenvalue weighted by Crippen LogP contribution is 2.38. The predicted octanol–water partition coefficient (Wildman–Crippen LogP) is 6.04. The summed E-state index contributed by atoms with van der Waals surface area (Å²) in [6, 6.07) is 14.2. The summed E-state index contributed by atoms with van der Waals surface area (Å²) in [6.45, 7) is 10.4. The second kappa shape index (κ2) is 7.56. The van der Waals surface area contributed by atoms with E-state index in [9.17, 15) is 4.79 Å². The Morgan fingerprint density at radius 2 is 1.60 bits per heavy atom. The van der Waals surface area contributed by atoms with E-state index in [0.29, 0.717) is 23.8 Å². The van der Waals surface area contributed by atoms with Gasteiger partial charge in [0.2, 0.25) is 5.95 Å². The minimum absolute atomic E-state index is 0.0945. The van der Waals surface area contributed by atoms with Gasteiger partial charge in [0.15, 0.2) is 5.78 Å². The number of ketones is 1. The van der Waals surface area contributed by atoms with Crippen LogP contribution in [0.1, 0.15) is 53.0 Å². The molecule has 30 heavy (non-hydrogen) atoms. The van der Waals surface area contributed by atoms with Crippen LogP contribution in [0.4, 0.5) is 23.1 Å². The molecular weight excluding hydrogens is 372 g/mol. The molecule has 0 unspecified atom stereocenters. The topological polar surface area (TPSA) is 66.9 Å². The summed E-state index contributed by atoms with van der Waals surface area (Å²) in [5.74, 6) is 1.17. The van der Waals surface area contributed by atoms with Crippen molar-refractivity contribution in [3.05, 3.63) is 70.4 Å². The average molecular weight is 401 g/mol. The smallest absolute Gasteiger partial charge is 0.229 e. The zero-order chi connectivity index (χ0) is 21.5. The molecule has 0 bridgehead atoms. The molecule has 3 aromatic rings. The summed E-state index contributed by atoms with van der Waals surface area (Å²) in [6.07, 6.45) is 1.23. The van der Waals surface area contributed by atoms with E-state index in [-0.39, 0.29) is 11.2 Å². The second-order valence-corrected chi connectivity index (χ2v) is 9.04. The molecule has 1 aliphatic carbocycles. The lowest BCUT2D eigenvalue weighted by atomic mass is 9.75. The van der Waals surface area contributed by atoms with Crippen molar-refractivity contribution >= 4 is 28.9 Å². The maximum atomic E-state index is 13.1. The van der Waals surface area contributed by atoms with E-state index in [0.717, 1.165) is 40.2 Å². The molecule has 0 spiro atoms. The minimum Gasteiger partial charge on any atom is -0.339 e. The predicted molar refractivity (Wildman–Crippen MR) is 122 cm³/mol. The lowest BCUT2D eigenvalue weighted by Gasteiger charge is -2.30. The number of carbonyl (C=O) groups excluding carboxylic acids is 1. The summed E-state index contributed by atoms with van der Waals surface area (Å²) in [4.78, 5) is 22.5. The number of hydrogen-bond donors (Lipinski definition) is 2. The molecule has 0 saturated heterocycles. The summed E-state index contributed by atoms with van der Waals surface area (Å²) >= 11 is 0. The molecule has 1 aliphatic rings. The van der Waals surface area contributed by atoms with E-state index in [1.165, 1.54) is 0 Å². The maximum Gasteiger partial charge on any atom is 0.229 e. The summed E-state index contributed by atoms with van der Waals surface area (Å²) in [5.41, 5.74) is 6.59. The highest BCUT2D eigenvalue weighted by Gasteiger charge is 2.35. The number of anilines is 4. The fourth-order valence-corrected chi connectivity index (χ4v) is 4.10. The van der Waals surface area contributed by atoms with Gasteiger partial charge in [-0.1, -0.05) is 44.2 Å². The number of aromatic nitrogens is 2. The molecule has 4 rings (SSSR count). The monoisotopic (exact) mass is 400 g/mol. The van der Waals surface area contributed by atoms with Gasteiger partial charge in [-0.05, 0) is 61.4 Å². The van der Waals surface area contributed by atoms with Gasteiger partial charge in [0.05, 0.1) is 11.3 Å². The first kappa shape index (κ1) is 20.1. The van der Waals surface area contributed by atoms with Gasteiger partial charge in [-0.2, -0.15) is 4.98 Å². The Balaban J connectivity index is 1.82. The van der Waals surface area contributed by atoms with E-state index < -0.39 is 0 Å². The second-order valence-electron chi connectivity index (χ2n) is 9.04. The molecule has 5 nitrogen and oxygen atoms in total. The fourth-order valence-electron chi connectivity index (χ4n) is 4.10. The van der Waals surface area contributed by atoms with Gasteiger partial charge >= 0.3 is 0 Å². The number of hydrogen-bond acceptors (Lipinski definition) is 5. The zero-order valence-corrected chi connectivity index (χ0v) is 18.3. The molecule has 0 atom stereocenters. The Morgan fingerprint density at radius 3 is 2.30 bits per heavy atom. The Labute approximate surface area is 178 Å². The van der Waals surface area contributed by atoms with E-state index in [1.54, 1.807) is 0 Å². The van der Waals surface area contributed by atoms with Crippen molar-refractivity contribution in [1.82, 2.24) is 9.97 Å². The summed E-state index contributed by atoms with van der Waals surface area (Å²) < 4.78 is 0. The highest BCUT2D eigenvalue weighted by molar-refractivity contribution is 6.03. The number of nitrogens with zero attached hydrogens (tertiary/aromatic N) is 2. The summed E-state index contributed by atoms with van der Waals surface area (Å²) in [5, 5.41) is 6.77. The lowest BCUT2D eigenvalue weighted by molar-refractivity contribution is 0.0911. The number of rotatable bonds is 4. The van der Waals surface area contributed by atoms with Crippen LogP contribution in [0.2, 0.25) is 0 Å². The van der Waals surface area contributed by atoms with Gasteiger partial charge in [0, 0.05) is 17.8 Å². The average Bonchev–Trinajstić information content (AvgIpc) is 2.63. The number of aryl methyl sites for hydroxylation is 3. The van der Waals surface area contributed by atoms with E-state index in [1.807, 2.05) is 31.2 Å². The van der Waals surface area contributed by atoms with Crippen LogP contribution in [0.3, 0.4) is 0 Å². The van der Waals surface area contributed by atoms with Crippen molar-refractivity contribution in [2.24, 2.45) is 5.41 Å². The fraction of sp³-hybridized carbons (Fsp3) is 0.320. The molecule has 0 fully saturated rings. The minimum atomic E-state index is -0.116. The third-order valence-corrected chi connectivity index (χ3v) is 5.55. The van der Waals surface area contributed by atoms with Gasteiger partial charge in [-0.3, -0.25) is 4.79 Å². The highest BCUT2D eigenvalue weighted by atomic mass is 16.1. The van der Waals surface area contributed by atoms with Gasteiger partial charge in [-0.15, -0.1) is 0 Å². The number of Topliss-reactive ketones (excluding diaryl/α,β-unsaturated/α-hetero) is 1. The molecule has 2 N–H and O–H groups in total. The first-order chi connectivity index (χ1) is 14.2. The lowest BCUT2D eigenvalue weighted by Crippen LogP contribution is -2.29. The SMILES string of the molecule is Cc1cccc(Nc2nc3c(c(Nc4c(C)cccc4C)n2)C(=O)CC(C)(C)C3)c1. The van der Waals surface area contributed by atoms with Crippen LogP contribution in [-0.4, -0.2) is 15.8 Å². The van der Waals surface area contributed by atoms with Crippen molar-refractivity contribution in [3.8, 4) is 0 Å². The standard InChI is InChI=1S/C25H28N4O/c1-15-8-6-11-18(12-15)26-24-27-19-13-25(4,5)14-20(30)21(19)23(29-24)28-22-16(2)9-7-10-17(22)3/h6-12H,13-14H2,1-5H3,(H2,26,27,28,29). The van der Waals surface area contributed by atoms with Gasteiger partial charge in [0.1, 0.15) is 5.82 Å². The molecule has 5 heteroatoms. The molecule has 1 heterocycles. The number of para-hydroxylation sites is 1. The maximum absolute atomic E-state index is 13.1. The molecular formula is C25H28N4O. The molecule has 2 aromatic carbocycles. The van der Waals surface area contributed by atoms with Crippen molar-refractivity contribution in [3.63, 3.8) is 0 Å². The molecule has 0 radical (unpaired) electrons. The number of fused-ring (bicyclic) bond motifs is 1. The van der Waals surface area contributed by atoms with Crippen LogP contribution in [0.25, 0.3) is 0 Å². The Morgan fingerprint density at radius 1 is 0.900 bits per heavy atom. The number of carbonyl (C=O) groups is 1. The quantitative estimate of drug-likeness (QED) is 0.558. The van der Waals surface area contributed by atoms with E-state index >= 15 is 0 Å².